The first-order valence-corrected chi connectivity index (χ1v) is 16.5. The number of benzene rings is 1. The van der Waals surface area contributed by atoms with Crippen molar-refractivity contribution in [3.63, 3.8) is 0 Å². The molecule has 5 heterocycles. The number of fused-ring (bicyclic) bond motifs is 1. The molecular weight excluding hydrogens is 606 g/mol. The summed E-state index contributed by atoms with van der Waals surface area (Å²) in [5, 5.41) is 6.58. The van der Waals surface area contributed by atoms with Crippen molar-refractivity contribution in [2.45, 2.75) is 42.1 Å². The van der Waals surface area contributed by atoms with Gasteiger partial charge in [-0.25, -0.2) is 28.4 Å². The fourth-order valence-electron chi connectivity index (χ4n) is 4.89. The van der Waals surface area contributed by atoms with Crippen LogP contribution in [0, 0.1) is 0 Å². The van der Waals surface area contributed by atoms with Gasteiger partial charge in [-0.1, -0.05) is 28.6 Å². The Morgan fingerprint density at radius 2 is 1.86 bits per heavy atom. The molecule has 4 aromatic rings. The number of sulfone groups is 1. The zero-order valence-corrected chi connectivity index (χ0v) is 25.6. The SMILES string of the molecule is CN1CCC(Oc2ccc3nc(NC(=O)C(=NOCc4ncccn4)c4ccc(S(=O)(=O)[C@H]5CCOC5)cc4)sc3n2)CC1. The summed E-state index contributed by atoms with van der Waals surface area (Å²) in [6.45, 7) is 2.46. The lowest BCUT2D eigenvalue weighted by atomic mass is 10.1. The van der Waals surface area contributed by atoms with Gasteiger partial charge in [0, 0.05) is 43.7 Å². The topological polar surface area (TPSA) is 158 Å². The molecule has 0 bridgehead atoms. The quantitative estimate of drug-likeness (QED) is 0.201. The molecule has 0 aliphatic carbocycles. The van der Waals surface area contributed by atoms with Crippen molar-refractivity contribution in [3.8, 4) is 5.88 Å². The van der Waals surface area contributed by atoms with Crippen LogP contribution in [0.15, 0.2) is 64.9 Å². The van der Waals surface area contributed by atoms with Crippen molar-refractivity contribution in [1.82, 2.24) is 24.8 Å². The molecule has 1 amide bonds. The van der Waals surface area contributed by atoms with E-state index in [1.807, 2.05) is 6.07 Å². The number of ether oxygens (including phenoxy) is 2. The molecule has 3 aromatic heterocycles. The molecule has 13 nitrogen and oxygen atoms in total. The van der Waals surface area contributed by atoms with E-state index < -0.39 is 21.0 Å². The molecular formula is C29H31N7O6S2. The summed E-state index contributed by atoms with van der Waals surface area (Å²) in [4.78, 5) is 39.3. The molecule has 15 heteroatoms. The molecule has 44 heavy (non-hydrogen) atoms. The minimum Gasteiger partial charge on any atom is -0.474 e. The van der Waals surface area contributed by atoms with Gasteiger partial charge in [0.1, 0.15) is 16.5 Å². The zero-order chi connectivity index (χ0) is 30.5. The number of nitrogens with one attached hydrogen (secondary N) is 1. The maximum atomic E-state index is 13.5. The average molecular weight is 638 g/mol. The van der Waals surface area contributed by atoms with Gasteiger partial charge in [0.15, 0.2) is 33.1 Å². The summed E-state index contributed by atoms with van der Waals surface area (Å²) in [6.07, 6.45) is 5.56. The van der Waals surface area contributed by atoms with E-state index in [4.69, 9.17) is 14.3 Å². The lowest BCUT2D eigenvalue weighted by Gasteiger charge is -2.28. The highest BCUT2D eigenvalue weighted by Gasteiger charge is 2.31. The van der Waals surface area contributed by atoms with Crippen LogP contribution >= 0.6 is 11.3 Å². The number of carbonyl (C=O) groups excluding carboxylic acids is 1. The number of nitrogens with zero attached hydrogens (tertiary/aromatic N) is 6. The number of aromatic nitrogens is 4. The number of thiazole rings is 1. The van der Waals surface area contributed by atoms with Crippen LogP contribution in [0.4, 0.5) is 5.13 Å². The number of piperidine rings is 1. The van der Waals surface area contributed by atoms with Crippen molar-refractivity contribution >= 4 is 48.3 Å². The van der Waals surface area contributed by atoms with E-state index in [9.17, 15) is 13.2 Å². The Labute approximate surface area is 258 Å². The maximum Gasteiger partial charge on any atom is 0.280 e. The summed E-state index contributed by atoms with van der Waals surface area (Å²) in [7, 11) is -1.48. The highest BCUT2D eigenvalue weighted by molar-refractivity contribution is 7.92. The Kier molecular flexibility index (Phi) is 9.07. The number of rotatable bonds is 10. The first-order chi connectivity index (χ1) is 21.3. The fraction of sp³-hybridized carbons (Fsp3) is 0.379. The van der Waals surface area contributed by atoms with Crippen LogP contribution in [0.2, 0.25) is 0 Å². The van der Waals surface area contributed by atoms with Crippen molar-refractivity contribution < 1.29 is 27.5 Å². The normalized spacial score (nSPS) is 18.4. The van der Waals surface area contributed by atoms with Crippen LogP contribution in [0.3, 0.4) is 0 Å². The molecule has 1 atom stereocenters. The van der Waals surface area contributed by atoms with Gasteiger partial charge in [0.05, 0.1) is 16.8 Å². The largest absolute Gasteiger partial charge is 0.474 e. The van der Waals surface area contributed by atoms with E-state index >= 15 is 0 Å². The molecule has 2 fully saturated rings. The number of pyridine rings is 1. The third-order valence-electron chi connectivity index (χ3n) is 7.37. The molecule has 1 N–H and O–H groups in total. The highest BCUT2D eigenvalue weighted by Crippen LogP contribution is 2.28. The smallest absolute Gasteiger partial charge is 0.280 e. The second kappa shape index (κ2) is 13.3. The van der Waals surface area contributed by atoms with Gasteiger partial charge in [-0.2, -0.15) is 0 Å². The molecule has 0 radical (unpaired) electrons. The number of likely N-dealkylation sites (tertiary alicyclic amines) is 1. The van der Waals surface area contributed by atoms with Gasteiger partial charge in [-0.05, 0) is 50.6 Å². The number of hydrogen-bond acceptors (Lipinski definition) is 13. The third kappa shape index (κ3) is 7.01. The molecule has 0 saturated carbocycles. The third-order valence-corrected chi connectivity index (χ3v) is 10.4. The predicted octanol–water partition coefficient (Wildman–Crippen LogP) is 3.08. The molecule has 230 valence electrons. The van der Waals surface area contributed by atoms with Crippen molar-refractivity contribution in [2.24, 2.45) is 5.16 Å². The number of anilines is 1. The van der Waals surface area contributed by atoms with E-state index in [-0.39, 0.29) is 29.9 Å². The summed E-state index contributed by atoms with van der Waals surface area (Å²) in [6, 6.07) is 11.2. The van der Waals surface area contributed by atoms with Gasteiger partial charge < -0.3 is 19.2 Å². The Morgan fingerprint density at radius 1 is 1.09 bits per heavy atom. The number of oxime groups is 1. The van der Waals surface area contributed by atoms with E-state index in [1.165, 1.54) is 35.6 Å². The van der Waals surface area contributed by atoms with Crippen LogP contribution in [0.5, 0.6) is 5.88 Å². The average Bonchev–Trinajstić information content (AvgIpc) is 3.72. The van der Waals surface area contributed by atoms with E-state index in [2.05, 4.69) is 42.4 Å². The minimum absolute atomic E-state index is 0.0725. The van der Waals surface area contributed by atoms with Gasteiger partial charge in [0.2, 0.25) is 5.88 Å². The molecule has 2 aliphatic heterocycles. The number of hydrogen-bond donors (Lipinski definition) is 1. The van der Waals surface area contributed by atoms with Crippen molar-refractivity contribution in [2.75, 3.05) is 38.7 Å². The molecule has 2 aliphatic rings. The van der Waals surface area contributed by atoms with Gasteiger partial charge in [0.25, 0.3) is 5.91 Å². The summed E-state index contributed by atoms with van der Waals surface area (Å²) < 4.78 is 37.4. The first-order valence-electron chi connectivity index (χ1n) is 14.2. The summed E-state index contributed by atoms with van der Waals surface area (Å²) >= 11 is 1.21. The van der Waals surface area contributed by atoms with Crippen LogP contribution in [0.25, 0.3) is 10.3 Å². The fourth-order valence-corrected chi connectivity index (χ4v) is 7.29. The number of carbonyl (C=O) groups is 1. The van der Waals surface area contributed by atoms with Gasteiger partial charge in [-0.3, -0.25) is 10.1 Å². The molecule has 2 saturated heterocycles. The Balaban J connectivity index is 1.20. The van der Waals surface area contributed by atoms with Gasteiger partial charge in [-0.15, -0.1) is 0 Å². The van der Waals surface area contributed by atoms with E-state index in [1.54, 1.807) is 24.5 Å². The monoisotopic (exact) mass is 637 g/mol. The lowest BCUT2D eigenvalue weighted by Crippen LogP contribution is -2.35. The standard InChI is InChI=1S/C29H31N7O6S2/c1-36-14-9-20(10-15-36)42-25-8-7-23-28(33-25)43-29(32-23)34-27(37)26(35-41-18-24-30-12-2-13-31-24)19-3-5-21(6-4-19)44(38,39)22-11-16-40-17-22/h2-8,12-13,20,22H,9-11,14-18H2,1H3,(H,32,34,37)/t22-/m0/s1. The molecule has 0 unspecified atom stereocenters. The summed E-state index contributed by atoms with van der Waals surface area (Å²) in [5.74, 6) is 0.305. The Hall–Kier alpha value is -4.05. The van der Waals surface area contributed by atoms with E-state index in [0.717, 1.165) is 25.9 Å². The first kappa shape index (κ1) is 30.0. The highest BCUT2D eigenvalue weighted by atomic mass is 32.2. The second-order valence-corrected chi connectivity index (χ2v) is 13.7. The minimum atomic E-state index is -3.57. The van der Waals surface area contributed by atoms with Gasteiger partial charge >= 0.3 is 0 Å². The predicted molar refractivity (Wildman–Crippen MR) is 163 cm³/mol. The van der Waals surface area contributed by atoms with Crippen LogP contribution < -0.4 is 10.1 Å². The van der Waals surface area contributed by atoms with E-state index in [0.29, 0.717) is 45.8 Å². The molecule has 0 spiro atoms. The maximum absolute atomic E-state index is 13.5. The molecule has 1 aromatic carbocycles. The van der Waals surface area contributed by atoms with Crippen LogP contribution in [0.1, 0.15) is 30.7 Å². The van der Waals surface area contributed by atoms with Crippen LogP contribution in [-0.4, -0.2) is 89.6 Å². The van der Waals surface area contributed by atoms with Crippen molar-refractivity contribution in [3.05, 3.63) is 66.2 Å². The Morgan fingerprint density at radius 3 is 2.59 bits per heavy atom. The molecule has 6 rings (SSSR count). The zero-order valence-electron chi connectivity index (χ0n) is 24.0. The second-order valence-electron chi connectivity index (χ2n) is 10.5. The Bertz CT molecular complexity index is 1740. The lowest BCUT2D eigenvalue weighted by molar-refractivity contribution is -0.110. The van der Waals surface area contributed by atoms with Crippen molar-refractivity contribution in [1.29, 1.82) is 0 Å². The number of amides is 1. The van der Waals surface area contributed by atoms with Crippen LogP contribution in [-0.2, 0) is 30.8 Å². The summed E-state index contributed by atoms with van der Waals surface area (Å²) in [5.41, 5.74) is 0.890.